The first-order valence-corrected chi connectivity index (χ1v) is 8.97. The van der Waals surface area contributed by atoms with Gasteiger partial charge >= 0.3 is 5.97 Å². The molecule has 3 rings (SSSR count). The summed E-state index contributed by atoms with van der Waals surface area (Å²) >= 11 is 0. The van der Waals surface area contributed by atoms with E-state index in [0.29, 0.717) is 29.5 Å². The zero-order valence-corrected chi connectivity index (χ0v) is 15.6. The van der Waals surface area contributed by atoms with E-state index in [1.165, 1.54) is 7.11 Å². The molecule has 2 aromatic heterocycles. The van der Waals surface area contributed by atoms with Crippen LogP contribution in [0.25, 0.3) is 11.2 Å². The lowest BCUT2D eigenvalue weighted by atomic mass is 10.1. The highest BCUT2D eigenvalue weighted by Gasteiger charge is 2.12. The number of nitrogen functional groups attached to an aromatic ring is 1. The number of anilines is 2. The van der Waals surface area contributed by atoms with Gasteiger partial charge in [-0.25, -0.2) is 4.98 Å². The number of benzene rings is 1. The van der Waals surface area contributed by atoms with E-state index >= 15 is 0 Å². The Morgan fingerprint density at radius 3 is 2.89 bits per heavy atom. The van der Waals surface area contributed by atoms with Gasteiger partial charge in [-0.3, -0.25) is 4.79 Å². The number of aromatic nitrogens is 4. The van der Waals surface area contributed by atoms with E-state index in [-0.39, 0.29) is 12.4 Å². The van der Waals surface area contributed by atoms with Gasteiger partial charge in [0, 0.05) is 6.54 Å². The van der Waals surface area contributed by atoms with Crippen molar-refractivity contribution in [3.05, 3.63) is 41.7 Å². The number of carbonyl (C=O) groups is 1. The molecular weight excluding hydrogens is 344 g/mol. The van der Waals surface area contributed by atoms with Gasteiger partial charge < -0.3 is 20.4 Å². The number of carbonyl (C=O) groups excluding carboxylic acids is 1. The maximum Gasteiger partial charge on any atom is 0.309 e. The first kappa shape index (κ1) is 18.6. The van der Waals surface area contributed by atoms with Gasteiger partial charge in [-0.2, -0.15) is 9.97 Å². The summed E-state index contributed by atoms with van der Waals surface area (Å²) in [5, 5.41) is 3.20. The summed E-state index contributed by atoms with van der Waals surface area (Å²) in [7, 11) is 1.39. The third kappa shape index (κ3) is 4.52. The minimum atomic E-state index is -0.261. The highest BCUT2D eigenvalue weighted by atomic mass is 16.5. The molecule has 0 unspecified atom stereocenters. The van der Waals surface area contributed by atoms with Gasteiger partial charge in [0.05, 0.1) is 26.4 Å². The normalized spacial score (nSPS) is 10.9. The molecule has 142 valence electrons. The Hall–Kier alpha value is -3.16. The van der Waals surface area contributed by atoms with Crippen molar-refractivity contribution in [1.29, 1.82) is 0 Å². The number of rotatable bonds is 8. The summed E-state index contributed by atoms with van der Waals surface area (Å²) in [4.78, 5) is 24.7. The molecule has 0 aliphatic carbocycles. The summed E-state index contributed by atoms with van der Waals surface area (Å²) in [5.74, 6) is 0.607. The molecule has 0 saturated heterocycles. The minimum Gasteiger partial charge on any atom is -0.469 e. The largest absolute Gasteiger partial charge is 0.469 e. The van der Waals surface area contributed by atoms with E-state index in [0.717, 1.165) is 30.5 Å². The van der Waals surface area contributed by atoms with Crippen LogP contribution in [0.3, 0.4) is 0 Å². The quantitative estimate of drug-likeness (QED) is 0.464. The number of unbranched alkanes of at least 4 members (excludes halogenated alkanes) is 1. The van der Waals surface area contributed by atoms with E-state index in [1.54, 1.807) is 6.33 Å². The van der Waals surface area contributed by atoms with Crippen LogP contribution in [0, 0.1) is 0 Å². The highest BCUT2D eigenvalue weighted by molar-refractivity contribution is 5.83. The van der Waals surface area contributed by atoms with Crippen LogP contribution in [-0.4, -0.2) is 39.1 Å². The van der Waals surface area contributed by atoms with Crippen LogP contribution >= 0.6 is 0 Å². The standard InChI is InChI=1S/C19H24N6O2/c1-3-4-8-21-19-23-17(20)16-18(24-19)25(12-22-16)11-14-7-5-6-13(9-14)10-15(26)27-2/h5-7,9,12H,3-4,8,10-11H2,1-2H3,(H3,20,21,23,24). The number of fused-ring (bicyclic) bond motifs is 1. The Morgan fingerprint density at radius 1 is 1.30 bits per heavy atom. The van der Waals surface area contributed by atoms with Gasteiger partial charge in [0.15, 0.2) is 11.5 Å². The van der Waals surface area contributed by atoms with Crippen molar-refractivity contribution in [1.82, 2.24) is 19.5 Å². The Labute approximate surface area is 157 Å². The second-order valence-corrected chi connectivity index (χ2v) is 6.33. The third-order valence-corrected chi connectivity index (χ3v) is 4.22. The van der Waals surface area contributed by atoms with Crippen LogP contribution in [-0.2, 0) is 22.5 Å². The first-order valence-electron chi connectivity index (χ1n) is 8.97. The molecule has 0 fully saturated rings. The maximum absolute atomic E-state index is 11.5. The Kier molecular flexibility index (Phi) is 5.85. The van der Waals surface area contributed by atoms with Gasteiger partial charge in [-0.1, -0.05) is 37.6 Å². The van der Waals surface area contributed by atoms with Crippen molar-refractivity contribution < 1.29 is 9.53 Å². The van der Waals surface area contributed by atoms with E-state index < -0.39 is 0 Å². The SMILES string of the molecule is CCCCNc1nc(N)c2ncn(Cc3cccc(CC(=O)OC)c3)c2n1. The number of nitrogens with two attached hydrogens (primary N) is 1. The lowest BCUT2D eigenvalue weighted by Crippen LogP contribution is -2.09. The van der Waals surface area contributed by atoms with Crippen molar-refractivity contribution in [3.63, 3.8) is 0 Å². The number of nitrogens with one attached hydrogen (secondary N) is 1. The van der Waals surface area contributed by atoms with E-state index in [2.05, 4.69) is 27.2 Å². The lowest BCUT2D eigenvalue weighted by molar-refractivity contribution is -0.139. The third-order valence-electron chi connectivity index (χ3n) is 4.22. The first-order chi connectivity index (χ1) is 13.1. The smallest absolute Gasteiger partial charge is 0.309 e. The molecule has 8 heteroatoms. The highest BCUT2D eigenvalue weighted by Crippen LogP contribution is 2.19. The average Bonchev–Trinajstić information content (AvgIpc) is 3.05. The van der Waals surface area contributed by atoms with Crippen molar-refractivity contribution in [2.45, 2.75) is 32.7 Å². The number of imidazole rings is 1. The van der Waals surface area contributed by atoms with Crippen molar-refractivity contribution in [3.8, 4) is 0 Å². The van der Waals surface area contributed by atoms with E-state index in [9.17, 15) is 4.79 Å². The number of methoxy groups -OCH3 is 1. The second-order valence-electron chi connectivity index (χ2n) is 6.33. The van der Waals surface area contributed by atoms with E-state index in [4.69, 9.17) is 10.5 Å². The molecule has 0 aliphatic rings. The van der Waals surface area contributed by atoms with Crippen LogP contribution in [0.1, 0.15) is 30.9 Å². The molecule has 0 atom stereocenters. The van der Waals surface area contributed by atoms with Gasteiger partial charge in [-0.15, -0.1) is 0 Å². The maximum atomic E-state index is 11.5. The molecule has 0 aliphatic heterocycles. The summed E-state index contributed by atoms with van der Waals surface area (Å²) in [6.45, 7) is 3.49. The Morgan fingerprint density at radius 2 is 2.11 bits per heavy atom. The molecule has 2 heterocycles. The zero-order chi connectivity index (χ0) is 19.2. The van der Waals surface area contributed by atoms with Gasteiger partial charge in [-0.05, 0) is 17.5 Å². The number of hydrogen-bond acceptors (Lipinski definition) is 7. The van der Waals surface area contributed by atoms with Crippen molar-refractivity contribution in [2.75, 3.05) is 24.7 Å². The second kappa shape index (κ2) is 8.48. The number of nitrogens with zero attached hydrogens (tertiary/aromatic N) is 4. The topological polar surface area (TPSA) is 108 Å². The fraction of sp³-hybridized carbons (Fsp3) is 0.368. The van der Waals surface area contributed by atoms with E-state index in [1.807, 2.05) is 28.8 Å². The molecule has 3 N–H and O–H groups in total. The van der Waals surface area contributed by atoms with Crippen molar-refractivity contribution >= 4 is 28.9 Å². The minimum absolute atomic E-state index is 0.246. The number of ether oxygens (including phenoxy) is 1. The van der Waals surface area contributed by atoms with Gasteiger partial charge in [0.2, 0.25) is 5.95 Å². The van der Waals surface area contributed by atoms with Crippen LogP contribution in [0.2, 0.25) is 0 Å². The molecular formula is C19H24N6O2. The lowest BCUT2D eigenvalue weighted by Gasteiger charge is -2.08. The summed E-state index contributed by atoms with van der Waals surface area (Å²) in [5.41, 5.74) is 9.25. The molecule has 27 heavy (non-hydrogen) atoms. The summed E-state index contributed by atoms with van der Waals surface area (Å²) < 4.78 is 6.66. The van der Waals surface area contributed by atoms with Gasteiger partial charge in [0.25, 0.3) is 0 Å². The molecule has 0 bridgehead atoms. The summed E-state index contributed by atoms with van der Waals surface area (Å²) in [6, 6.07) is 7.81. The average molecular weight is 368 g/mol. The molecule has 8 nitrogen and oxygen atoms in total. The molecule has 1 aromatic carbocycles. The van der Waals surface area contributed by atoms with Crippen LogP contribution in [0.5, 0.6) is 0 Å². The van der Waals surface area contributed by atoms with Gasteiger partial charge in [0.1, 0.15) is 5.52 Å². The van der Waals surface area contributed by atoms with Crippen LogP contribution < -0.4 is 11.1 Å². The summed E-state index contributed by atoms with van der Waals surface area (Å²) in [6.07, 6.45) is 4.08. The fourth-order valence-electron chi connectivity index (χ4n) is 2.81. The molecule has 0 amide bonds. The fourth-order valence-corrected chi connectivity index (χ4v) is 2.81. The predicted octanol–water partition coefficient (Wildman–Crippen LogP) is 2.38. The number of esters is 1. The number of hydrogen-bond donors (Lipinski definition) is 2. The molecule has 0 saturated carbocycles. The predicted molar refractivity (Wildman–Crippen MR) is 104 cm³/mol. The zero-order valence-electron chi connectivity index (χ0n) is 15.6. The van der Waals surface area contributed by atoms with Crippen molar-refractivity contribution in [2.24, 2.45) is 0 Å². The molecule has 3 aromatic rings. The monoisotopic (exact) mass is 368 g/mol. The Bertz CT molecular complexity index is 937. The van der Waals surface area contributed by atoms with Crippen LogP contribution in [0.15, 0.2) is 30.6 Å². The Balaban J connectivity index is 1.84. The molecule has 0 radical (unpaired) electrons. The molecule has 0 spiro atoms. The van der Waals surface area contributed by atoms with Crippen LogP contribution in [0.4, 0.5) is 11.8 Å².